The zero-order valence-corrected chi connectivity index (χ0v) is 13.0. The van der Waals surface area contributed by atoms with E-state index in [1.54, 1.807) is 0 Å². The summed E-state index contributed by atoms with van der Waals surface area (Å²) in [5, 5.41) is 7.77. The van der Waals surface area contributed by atoms with Gasteiger partial charge >= 0.3 is 0 Å². The van der Waals surface area contributed by atoms with Crippen LogP contribution in [0.4, 0.5) is 0 Å². The van der Waals surface area contributed by atoms with Gasteiger partial charge < -0.3 is 10.2 Å². The highest BCUT2D eigenvalue weighted by molar-refractivity contribution is 5.85. The Morgan fingerprint density at radius 3 is 2.35 bits per heavy atom. The number of aromatic nitrogens is 2. The van der Waals surface area contributed by atoms with Crippen molar-refractivity contribution in [2.75, 3.05) is 32.7 Å². The SMILES string of the molecule is Cl.c1cnn(CC2CCN(CC3CCNCC3)CC2)c1. The first-order chi connectivity index (χ1) is 9.40. The molecule has 0 spiro atoms. The smallest absolute Gasteiger partial charge is 0.0489 e. The lowest BCUT2D eigenvalue weighted by Gasteiger charge is -2.35. The summed E-state index contributed by atoms with van der Waals surface area (Å²) in [6, 6.07) is 2.02. The summed E-state index contributed by atoms with van der Waals surface area (Å²) < 4.78 is 2.09. The van der Waals surface area contributed by atoms with E-state index in [-0.39, 0.29) is 12.4 Å². The predicted molar refractivity (Wildman–Crippen MR) is 84.2 cm³/mol. The van der Waals surface area contributed by atoms with Crippen molar-refractivity contribution in [1.82, 2.24) is 20.0 Å². The molecule has 20 heavy (non-hydrogen) atoms. The van der Waals surface area contributed by atoms with Crippen LogP contribution >= 0.6 is 12.4 Å². The normalized spacial score (nSPS) is 22.6. The van der Waals surface area contributed by atoms with Gasteiger partial charge in [-0.25, -0.2) is 0 Å². The molecule has 2 aliphatic rings. The standard InChI is InChI=1S/C15H26N4.ClH/c1-6-17-19(9-1)13-15-4-10-18(11-5-15)12-14-2-7-16-8-3-14;/h1,6,9,14-16H,2-5,7-8,10-13H2;1H. The molecule has 0 atom stereocenters. The van der Waals surface area contributed by atoms with Crippen LogP contribution < -0.4 is 5.32 Å². The average molecular weight is 299 g/mol. The Kier molecular flexibility index (Phi) is 6.33. The van der Waals surface area contributed by atoms with E-state index in [1.165, 1.54) is 58.4 Å². The maximum Gasteiger partial charge on any atom is 0.0489 e. The van der Waals surface area contributed by atoms with Crippen molar-refractivity contribution in [2.24, 2.45) is 11.8 Å². The highest BCUT2D eigenvalue weighted by Gasteiger charge is 2.22. The highest BCUT2D eigenvalue weighted by Crippen LogP contribution is 2.21. The van der Waals surface area contributed by atoms with Gasteiger partial charge in [-0.2, -0.15) is 5.10 Å². The van der Waals surface area contributed by atoms with E-state index in [9.17, 15) is 0 Å². The molecule has 1 aromatic rings. The molecule has 0 radical (unpaired) electrons. The largest absolute Gasteiger partial charge is 0.317 e. The molecule has 3 rings (SSSR count). The fourth-order valence-electron chi connectivity index (χ4n) is 3.45. The lowest BCUT2D eigenvalue weighted by Crippen LogP contribution is -2.40. The second kappa shape index (κ2) is 8.01. The third-order valence-corrected chi connectivity index (χ3v) is 4.69. The molecule has 3 heterocycles. The van der Waals surface area contributed by atoms with Crippen LogP contribution in [0.25, 0.3) is 0 Å². The number of hydrogen-bond donors (Lipinski definition) is 1. The Bertz CT molecular complexity index is 354. The van der Waals surface area contributed by atoms with E-state index in [2.05, 4.69) is 26.2 Å². The second-order valence-corrected chi connectivity index (χ2v) is 6.17. The van der Waals surface area contributed by atoms with Gasteiger partial charge in [-0.3, -0.25) is 4.68 Å². The van der Waals surface area contributed by atoms with E-state index < -0.39 is 0 Å². The Balaban J connectivity index is 0.00000147. The van der Waals surface area contributed by atoms with Crippen molar-refractivity contribution < 1.29 is 0 Å². The minimum Gasteiger partial charge on any atom is -0.317 e. The zero-order valence-electron chi connectivity index (χ0n) is 12.2. The molecule has 0 unspecified atom stereocenters. The third kappa shape index (κ3) is 4.47. The number of halogens is 1. The summed E-state index contributed by atoms with van der Waals surface area (Å²) in [5.41, 5.74) is 0. The minimum absolute atomic E-state index is 0. The van der Waals surface area contributed by atoms with Crippen LogP contribution in [-0.2, 0) is 6.54 Å². The Hall–Kier alpha value is -0.580. The molecule has 0 saturated carbocycles. The van der Waals surface area contributed by atoms with Crippen molar-refractivity contribution in [3.63, 3.8) is 0 Å². The third-order valence-electron chi connectivity index (χ3n) is 4.69. The first kappa shape index (κ1) is 15.8. The molecule has 0 bridgehead atoms. The van der Waals surface area contributed by atoms with E-state index in [4.69, 9.17) is 0 Å². The van der Waals surface area contributed by atoms with Gasteiger partial charge in [-0.15, -0.1) is 12.4 Å². The van der Waals surface area contributed by atoms with E-state index >= 15 is 0 Å². The lowest BCUT2D eigenvalue weighted by molar-refractivity contribution is 0.140. The molecule has 1 aromatic heterocycles. The number of likely N-dealkylation sites (tertiary alicyclic amines) is 1. The highest BCUT2D eigenvalue weighted by atomic mass is 35.5. The van der Waals surface area contributed by atoms with Gasteiger partial charge in [0, 0.05) is 25.5 Å². The van der Waals surface area contributed by atoms with Crippen LogP contribution in [0.3, 0.4) is 0 Å². The Morgan fingerprint density at radius 2 is 1.70 bits per heavy atom. The maximum atomic E-state index is 4.32. The first-order valence-electron chi connectivity index (χ1n) is 7.80. The molecule has 2 saturated heterocycles. The van der Waals surface area contributed by atoms with Crippen LogP contribution in [0.5, 0.6) is 0 Å². The number of nitrogens with one attached hydrogen (secondary N) is 1. The molecule has 0 aliphatic carbocycles. The second-order valence-electron chi connectivity index (χ2n) is 6.17. The summed E-state index contributed by atoms with van der Waals surface area (Å²) in [5.74, 6) is 1.76. The average Bonchev–Trinajstić information content (AvgIpc) is 2.95. The molecule has 5 heteroatoms. The fourth-order valence-corrected chi connectivity index (χ4v) is 3.45. The molecule has 4 nitrogen and oxygen atoms in total. The van der Waals surface area contributed by atoms with Crippen LogP contribution in [0.15, 0.2) is 18.5 Å². The van der Waals surface area contributed by atoms with Crippen LogP contribution in [0.1, 0.15) is 25.7 Å². The maximum absolute atomic E-state index is 4.32. The number of piperidine rings is 2. The molecule has 2 aliphatic heterocycles. The molecular weight excluding hydrogens is 272 g/mol. The molecule has 0 aromatic carbocycles. The number of hydrogen-bond acceptors (Lipinski definition) is 3. The Labute approximate surface area is 128 Å². The van der Waals surface area contributed by atoms with Crippen molar-refractivity contribution in [2.45, 2.75) is 32.2 Å². The van der Waals surface area contributed by atoms with Gasteiger partial charge in [-0.05, 0) is 69.8 Å². The van der Waals surface area contributed by atoms with E-state index in [0.29, 0.717) is 0 Å². The predicted octanol–water partition coefficient (Wildman–Crippen LogP) is 2.02. The molecular formula is C15H27ClN4. The summed E-state index contributed by atoms with van der Waals surface area (Å²) in [6.07, 6.45) is 9.38. The minimum atomic E-state index is 0. The Morgan fingerprint density at radius 1 is 1.00 bits per heavy atom. The first-order valence-corrected chi connectivity index (χ1v) is 7.80. The van der Waals surface area contributed by atoms with Crippen molar-refractivity contribution in [3.8, 4) is 0 Å². The van der Waals surface area contributed by atoms with Crippen molar-refractivity contribution in [1.29, 1.82) is 0 Å². The van der Waals surface area contributed by atoms with Gasteiger partial charge in [0.2, 0.25) is 0 Å². The fraction of sp³-hybridized carbons (Fsp3) is 0.800. The molecule has 1 N–H and O–H groups in total. The molecule has 114 valence electrons. The lowest BCUT2D eigenvalue weighted by atomic mass is 9.93. The van der Waals surface area contributed by atoms with Gasteiger partial charge in [0.25, 0.3) is 0 Å². The van der Waals surface area contributed by atoms with E-state index in [0.717, 1.165) is 18.4 Å². The van der Waals surface area contributed by atoms with Crippen LogP contribution in [-0.4, -0.2) is 47.4 Å². The number of nitrogens with zero attached hydrogens (tertiary/aromatic N) is 3. The van der Waals surface area contributed by atoms with Gasteiger partial charge in [0.1, 0.15) is 0 Å². The number of rotatable bonds is 4. The van der Waals surface area contributed by atoms with Gasteiger partial charge in [0.15, 0.2) is 0 Å². The van der Waals surface area contributed by atoms with Gasteiger partial charge in [0.05, 0.1) is 0 Å². The van der Waals surface area contributed by atoms with Crippen LogP contribution in [0, 0.1) is 11.8 Å². The molecule has 0 amide bonds. The monoisotopic (exact) mass is 298 g/mol. The summed E-state index contributed by atoms with van der Waals surface area (Å²) in [7, 11) is 0. The van der Waals surface area contributed by atoms with E-state index in [1.807, 2.05) is 12.3 Å². The summed E-state index contributed by atoms with van der Waals surface area (Å²) in [6.45, 7) is 7.46. The van der Waals surface area contributed by atoms with Crippen LogP contribution in [0.2, 0.25) is 0 Å². The van der Waals surface area contributed by atoms with Crippen molar-refractivity contribution in [3.05, 3.63) is 18.5 Å². The van der Waals surface area contributed by atoms with Crippen molar-refractivity contribution >= 4 is 12.4 Å². The topological polar surface area (TPSA) is 33.1 Å². The zero-order chi connectivity index (χ0) is 12.9. The summed E-state index contributed by atoms with van der Waals surface area (Å²) >= 11 is 0. The molecule has 2 fully saturated rings. The van der Waals surface area contributed by atoms with Gasteiger partial charge in [-0.1, -0.05) is 0 Å². The summed E-state index contributed by atoms with van der Waals surface area (Å²) in [4.78, 5) is 2.69. The quantitative estimate of drug-likeness (QED) is 0.923.